The Bertz CT molecular complexity index is 1790. The molecular formula is C40H31N. The largest absolute Gasteiger partial charge is 0.311 e. The van der Waals surface area contributed by atoms with Crippen LogP contribution in [0.3, 0.4) is 0 Å². The van der Waals surface area contributed by atoms with E-state index in [9.17, 15) is 0 Å². The van der Waals surface area contributed by atoms with Crippen LogP contribution in [0.25, 0.3) is 11.1 Å². The van der Waals surface area contributed by atoms with Gasteiger partial charge in [0.25, 0.3) is 0 Å². The monoisotopic (exact) mass is 525 g/mol. The summed E-state index contributed by atoms with van der Waals surface area (Å²) in [4.78, 5) is 2.33. The minimum absolute atomic E-state index is 0.00470. The molecule has 6 aromatic rings. The normalized spacial score (nSPS) is 15.0. The summed E-state index contributed by atoms with van der Waals surface area (Å²) in [6.07, 6.45) is 0. The Morgan fingerprint density at radius 1 is 0.366 bits per heavy atom. The van der Waals surface area contributed by atoms with Crippen LogP contribution in [0.15, 0.2) is 152 Å². The number of rotatable bonds is 5. The Hall–Kier alpha value is -4.88. The Kier molecular flexibility index (Phi) is 5.15. The molecule has 2 aliphatic rings. The predicted octanol–water partition coefficient (Wildman–Crippen LogP) is 10.2. The summed E-state index contributed by atoms with van der Waals surface area (Å²) >= 11 is 0. The van der Waals surface area contributed by atoms with Crippen molar-refractivity contribution in [2.75, 3.05) is 4.90 Å². The van der Waals surface area contributed by atoms with Gasteiger partial charge in [0.1, 0.15) is 0 Å². The molecule has 0 N–H and O–H groups in total. The number of anilines is 3. The lowest BCUT2D eigenvalue weighted by atomic mass is 9.66. The molecule has 0 aliphatic heterocycles. The van der Waals surface area contributed by atoms with Gasteiger partial charge in [-0.1, -0.05) is 129 Å². The van der Waals surface area contributed by atoms with Crippen LogP contribution in [-0.2, 0) is 10.8 Å². The second-order valence-corrected chi connectivity index (χ2v) is 11.8. The lowest BCUT2D eigenvalue weighted by Gasteiger charge is -2.36. The van der Waals surface area contributed by atoms with Crippen molar-refractivity contribution in [1.82, 2.24) is 0 Å². The maximum absolute atomic E-state index is 2.37. The number of hydrogen-bond acceptors (Lipinski definition) is 1. The second-order valence-electron chi connectivity index (χ2n) is 11.8. The molecule has 0 bridgehead atoms. The van der Waals surface area contributed by atoms with Gasteiger partial charge < -0.3 is 4.90 Å². The fourth-order valence-corrected chi connectivity index (χ4v) is 7.54. The maximum Gasteiger partial charge on any atom is 0.0713 e. The van der Waals surface area contributed by atoms with Crippen molar-refractivity contribution < 1.29 is 0 Å². The molecule has 0 amide bonds. The first kappa shape index (κ1) is 24.0. The molecule has 0 heterocycles. The number of benzene rings is 6. The van der Waals surface area contributed by atoms with E-state index < -0.39 is 0 Å². The highest BCUT2D eigenvalue weighted by Gasteiger charge is 2.52. The van der Waals surface area contributed by atoms with Gasteiger partial charge in [-0.3, -0.25) is 0 Å². The summed E-state index contributed by atoms with van der Waals surface area (Å²) in [6, 6.07) is 55.6. The zero-order valence-corrected chi connectivity index (χ0v) is 23.4. The van der Waals surface area contributed by atoms with Crippen molar-refractivity contribution >= 4 is 17.1 Å². The van der Waals surface area contributed by atoms with E-state index in [1.54, 1.807) is 0 Å². The van der Waals surface area contributed by atoms with E-state index >= 15 is 0 Å². The van der Waals surface area contributed by atoms with Gasteiger partial charge in [0, 0.05) is 22.5 Å². The van der Waals surface area contributed by atoms with Crippen molar-refractivity contribution in [3.8, 4) is 11.1 Å². The topological polar surface area (TPSA) is 3.24 Å². The van der Waals surface area contributed by atoms with Gasteiger partial charge in [-0.2, -0.15) is 0 Å². The van der Waals surface area contributed by atoms with E-state index in [1.165, 1.54) is 44.5 Å². The fraction of sp³-hybridized carbons (Fsp3) is 0.100. The summed E-state index contributed by atoms with van der Waals surface area (Å²) in [5.41, 5.74) is 14.2. The van der Waals surface area contributed by atoms with Crippen molar-refractivity contribution in [1.29, 1.82) is 0 Å². The molecular weight excluding hydrogens is 494 g/mol. The Balaban J connectivity index is 1.37. The molecule has 0 spiro atoms. The average molecular weight is 526 g/mol. The highest BCUT2D eigenvalue weighted by atomic mass is 15.1. The summed E-state index contributed by atoms with van der Waals surface area (Å²) in [5, 5.41) is 0. The number of para-hydroxylation sites is 2. The summed E-state index contributed by atoms with van der Waals surface area (Å²) in [6.45, 7) is 4.74. The molecule has 0 fully saturated rings. The molecule has 0 atom stereocenters. The van der Waals surface area contributed by atoms with E-state index in [-0.39, 0.29) is 10.8 Å². The Morgan fingerprint density at radius 3 is 1.24 bits per heavy atom. The first-order chi connectivity index (χ1) is 20.1. The summed E-state index contributed by atoms with van der Waals surface area (Å²) in [5.74, 6) is 0. The third kappa shape index (κ3) is 3.24. The zero-order valence-electron chi connectivity index (χ0n) is 23.4. The van der Waals surface area contributed by atoms with Gasteiger partial charge in [-0.05, 0) is 80.9 Å². The van der Waals surface area contributed by atoms with Crippen molar-refractivity contribution in [3.63, 3.8) is 0 Å². The predicted molar refractivity (Wildman–Crippen MR) is 171 cm³/mol. The molecule has 0 radical (unpaired) electrons. The van der Waals surface area contributed by atoms with Crippen molar-refractivity contribution in [3.05, 3.63) is 185 Å². The van der Waals surface area contributed by atoms with Gasteiger partial charge in [0.15, 0.2) is 0 Å². The van der Waals surface area contributed by atoms with Crippen LogP contribution < -0.4 is 4.90 Å². The number of hydrogen-bond donors (Lipinski definition) is 0. The maximum atomic E-state index is 2.37. The fourth-order valence-electron chi connectivity index (χ4n) is 7.54. The first-order valence-corrected chi connectivity index (χ1v) is 14.5. The van der Waals surface area contributed by atoms with Crippen LogP contribution in [0.4, 0.5) is 17.1 Å². The van der Waals surface area contributed by atoms with Crippen LogP contribution in [0.5, 0.6) is 0 Å². The lowest BCUT2D eigenvalue weighted by molar-refractivity contribution is 0.652. The molecule has 6 aromatic carbocycles. The quantitative estimate of drug-likeness (QED) is 0.216. The van der Waals surface area contributed by atoms with E-state index in [0.29, 0.717) is 0 Å². The SMILES string of the molecule is CC1(C)c2cccc3c2-c2c1cccc2C3(c1ccccc1)c1ccc(N(c2ccccc2)c2ccccc2)cc1. The van der Waals surface area contributed by atoms with E-state index in [4.69, 9.17) is 0 Å². The smallest absolute Gasteiger partial charge is 0.0713 e. The number of nitrogens with zero attached hydrogens (tertiary/aromatic N) is 1. The van der Waals surface area contributed by atoms with E-state index in [0.717, 1.165) is 17.1 Å². The first-order valence-electron chi connectivity index (χ1n) is 14.5. The van der Waals surface area contributed by atoms with E-state index in [1.807, 2.05) is 0 Å². The average Bonchev–Trinajstić information content (AvgIpc) is 3.47. The van der Waals surface area contributed by atoms with Crippen LogP contribution in [0.2, 0.25) is 0 Å². The van der Waals surface area contributed by atoms with Gasteiger partial charge in [0.2, 0.25) is 0 Å². The standard InChI is InChI=1S/C40H31N/c1-39(2)33-20-12-22-35-37(33)38-34(39)21-13-23-36(38)40(35,28-14-6-3-7-15-28)29-24-26-32(27-25-29)41(30-16-8-4-9-17-30)31-18-10-5-11-19-31/h3-27H,1-2H3. The Morgan fingerprint density at radius 2 is 0.756 bits per heavy atom. The van der Waals surface area contributed by atoms with Crippen molar-refractivity contribution in [2.24, 2.45) is 0 Å². The zero-order chi connectivity index (χ0) is 27.6. The second kappa shape index (κ2) is 8.81. The highest BCUT2D eigenvalue weighted by molar-refractivity contribution is 5.95. The van der Waals surface area contributed by atoms with Gasteiger partial charge in [-0.15, -0.1) is 0 Å². The van der Waals surface area contributed by atoms with Crippen LogP contribution in [0.1, 0.15) is 47.2 Å². The molecule has 41 heavy (non-hydrogen) atoms. The van der Waals surface area contributed by atoms with Crippen LogP contribution in [0, 0.1) is 0 Å². The van der Waals surface area contributed by atoms with Crippen LogP contribution >= 0.6 is 0 Å². The van der Waals surface area contributed by atoms with E-state index in [2.05, 4.69) is 170 Å². The third-order valence-electron chi connectivity index (χ3n) is 9.33. The summed E-state index contributed by atoms with van der Waals surface area (Å²) in [7, 11) is 0. The molecule has 0 aromatic heterocycles. The van der Waals surface area contributed by atoms with Gasteiger partial charge >= 0.3 is 0 Å². The van der Waals surface area contributed by atoms with Crippen molar-refractivity contribution in [2.45, 2.75) is 24.7 Å². The molecule has 8 rings (SSSR count). The molecule has 0 saturated heterocycles. The summed E-state index contributed by atoms with van der Waals surface area (Å²) < 4.78 is 0. The highest BCUT2D eigenvalue weighted by Crippen LogP contribution is 2.64. The lowest BCUT2D eigenvalue weighted by Crippen LogP contribution is -2.30. The third-order valence-corrected chi connectivity index (χ3v) is 9.33. The molecule has 0 unspecified atom stereocenters. The Labute approximate surface area is 242 Å². The molecule has 0 saturated carbocycles. The molecule has 1 heteroatoms. The van der Waals surface area contributed by atoms with Crippen LogP contribution in [-0.4, -0.2) is 0 Å². The van der Waals surface area contributed by atoms with Gasteiger partial charge in [-0.25, -0.2) is 0 Å². The molecule has 196 valence electrons. The van der Waals surface area contributed by atoms with Gasteiger partial charge in [0.05, 0.1) is 5.41 Å². The minimum Gasteiger partial charge on any atom is -0.311 e. The molecule has 1 nitrogen and oxygen atoms in total. The minimum atomic E-state index is -0.378. The molecule has 2 aliphatic carbocycles.